The summed E-state index contributed by atoms with van der Waals surface area (Å²) < 4.78 is 0. The fourth-order valence-electron chi connectivity index (χ4n) is 7.75. The van der Waals surface area contributed by atoms with Crippen molar-refractivity contribution in [3.05, 3.63) is 273 Å². The lowest BCUT2D eigenvalue weighted by Gasteiger charge is -2.39. The molecule has 0 saturated heterocycles. The van der Waals surface area contributed by atoms with Crippen LogP contribution in [0, 0.1) is 0 Å². The lowest BCUT2D eigenvalue weighted by molar-refractivity contribution is 0.104. The van der Waals surface area contributed by atoms with Crippen LogP contribution in [0.4, 0.5) is 11.4 Å². The zero-order valence-electron chi connectivity index (χ0n) is 30.4. The van der Waals surface area contributed by atoms with Crippen molar-refractivity contribution in [3.63, 3.8) is 0 Å². The zero-order chi connectivity index (χ0) is 38.4. The van der Waals surface area contributed by atoms with Gasteiger partial charge < -0.3 is 10.6 Å². The molecule has 0 heterocycles. The van der Waals surface area contributed by atoms with E-state index in [0.29, 0.717) is 32.5 Å². The Hall–Kier alpha value is -6.39. The van der Waals surface area contributed by atoms with Gasteiger partial charge in [-0.1, -0.05) is 205 Å². The molecule has 8 aromatic carbocycles. The Bertz CT molecular complexity index is 2180. The summed E-state index contributed by atoms with van der Waals surface area (Å²) in [7, 11) is 0. The summed E-state index contributed by atoms with van der Waals surface area (Å²) in [4.78, 5) is 15.3. The largest absolute Gasteiger partial charge is 0.367 e. The van der Waals surface area contributed by atoms with Crippen LogP contribution in [0.3, 0.4) is 0 Å². The highest BCUT2D eigenvalue weighted by atomic mass is 35.5. The molecular formula is C51H38Cl2N2O. The molecule has 0 saturated carbocycles. The SMILES string of the molecule is O=C(c1ccc(Cl)cc1NC(c1ccccc1)(c1ccccc1)c1ccccc1)c1ccc(Cl)cc1NC(c1ccccc1)(c1ccccc1)c1ccccc1. The van der Waals surface area contributed by atoms with Crippen LogP contribution < -0.4 is 10.6 Å². The van der Waals surface area contributed by atoms with Crippen molar-refractivity contribution in [1.82, 2.24) is 0 Å². The number of nitrogens with one attached hydrogen (secondary N) is 2. The van der Waals surface area contributed by atoms with E-state index in [1.165, 1.54) is 0 Å². The van der Waals surface area contributed by atoms with E-state index < -0.39 is 11.1 Å². The first-order chi connectivity index (χ1) is 27.5. The maximum absolute atomic E-state index is 15.3. The number of carbonyl (C=O) groups is 1. The third-order valence-corrected chi connectivity index (χ3v) is 10.8. The van der Waals surface area contributed by atoms with Crippen molar-refractivity contribution >= 4 is 40.4 Å². The number of halogens is 2. The van der Waals surface area contributed by atoms with E-state index in [1.54, 1.807) is 24.3 Å². The van der Waals surface area contributed by atoms with Crippen LogP contribution in [-0.2, 0) is 11.1 Å². The molecule has 0 atom stereocenters. The van der Waals surface area contributed by atoms with Crippen molar-refractivity contribution in [2.75, 3.05) is 10.6 Å². The highest BCUT2D eigenvalue weighted by molar-refractivity contribution is 6.32. The van der Waals surface area contributed by atoms with E-state index >= 15 is 4.79 Å². The van der Waals surface area contributed by atoms with Gasteiger partial charge in [0.05, 0.1) is 0 Å². The van der Waals surface area contributed by atoms with E-state index in [-0.39, 0.29) is 5.78 Å². The van der Waals surface area contributed by atoms with Gasteiger partial charge in [0.25, 0.3) is 0 Å². The van der Waals surface area contributed by atoms with E-state index in [2.05, 4.69) is 83.4 Å². The van der Waals surface area contributed by atoms with Crippen molar-refractivity contribution in [3.8, 4) is 0 Å². The van der Waals surface area contributed by atoms with Crippen molar-refractivity contribution in [1.29, 1.82) is 0 Å². The Labute approximate surface area is 338 Å². The van der Waals surface area contributed by atoms with Crippen LogP contribution >= 0.6 is 23.2 Å². The molecule has 0 amide bonds. The quantitative estimate of drug-likeness (QED) is 0.0961. The molecule has 0 unspecified atom stereocenters. The molecule has 56 heavy (non-hydrogen) atoms. The van der Waals surface area contributed by atoms with Gasteiger partial charge in [-0.2, -0.15) is 0 Å². The zero-order valence-corrected chi connectivity index (χ0v) is 32.0. The van der Waals surface area contributed by atoms with Gasteiger partial charge in [0.15, 0.2) is 5.78 Å². The molecule has 8 aromatic rings. The molecule has 0 spiro atoms. The van der Waals surface area contributed by atoms with Gasteiger partial charge in [-0.3, -0.25) is 4.79 Å². The monoisotopic (exact) mass is 764 g/mol. The molecule has 0 radical (unpaired) electrons. The van der Waals surface area contributed by atoms with E-state index in [4.69, 9.17) is 23.2 Å². The second-order valence-corrected chi connectivity index (χ2v) is 14.5. The van der Waals surface area contributed by atoms with E-state index in [1.807, 2.05) is 121 Å². The predicted molar refractivity (Wildman–Crippen MR) is 232 cm³/mol. The molecular weight excluding hydrogens is 727 g/mol. The number of carbonyl (C=O) groups excluding carboxylic acids is 1. The Morgan fingerprint density at radius 1 is 0.339 bits per heavy atom. The number of rotatable bonds is 12. The minimum atomic E-state index is -0.895. The van der Waals surface area contributed by atoms with Crippen LogP contribution in [0.15, 0.2) is 218 Å². The van der Waals surface area contributed by atoms with Gasteiger partial charge in [0, 0.05) is 32.5 Å². The maximum atomic E-state index is 15.3. The third kappa shape index (κ3) is 6.99. The topological polar surface area (TPSA) is 41.1 Å². The summed E-state index contributed by atoms with van der Waals surface area (Å²) in [5.74, 6) is -0.200. The van der Waals surface area contributed by atoms with Gasteiger partial charge in [0.2, 0.25) is 0 Å². The maximum Gasteiger partial charge on any atom is 0.197 e. The average Bonchev–Trinajstić information content (AvgIpc) is 3.26. The molecule has 3 nitrogen and oxygen atoms in total. The van der Waals surface area contributed by atoms with Crippen molar-refractivity contribution in [2.24, 2.45) is 0 Å². The number of benzene rings is 8. The fraction of sp³-hybridized carbons (Fsp3) is 0.0392. The van der Waals surface area contributed by atoms with Crippen LogP contribution in [0.25, 0.3) is 0 Å². The Balaban J connectivity index is 1.32. The minimum Gasteiger partial charge on any atom is -0.367 e. The molecule has 272 valence electrons. The molecule has 2 N–H and O–H groups in total. The summed E-state index contributed by atoms with van der Waals surface area (Å²) in [6.07, 6.45) is 0. The van der Waals surface area contributed by atoms with Gasteiger partial charge >= 0.3 is 0 Å². The number of anilines is 2. The normalized spacial score (nSPS) is 11.5. The van der Waals surface area contributed by atoms with Crippen LogP contribution in [0.1, 0.15) is 49.3 Å². The van der Waals surface area contributed by atoms with Gasteiger partial charge in [0.1, 0.15) is 11.1 Å². The van der Waals surface area contributed by atoms with Crippen LogP contribution in [0.2, 0.25) is 10.0 Å². The van der Waals surface area contributed by atoms with Crippen LogP contribution in [0.5, 0.6) is 0 Å². The fourth-order valence-corrected chi connectivity index (χ4v) is 8.09. The second kappa shape index (κ2) is 16.1. The Morgan fingerprint density at radius 3 is 0.804 bits per heavy atom. The Morgan fingerprint density at radius 2 is 0.571 bits per heavy atom. The number of ketones is 1. The minimum absolute atomic E-state index is 0.200. The second-order valence-electron chi connectivity index (χ2n) is 13.7. The van der Waals surface area contributed by atoms with Crippen molar-refractivity contribution < 1.29 is 4.79 Å². The predicted octanol–water partition coefficient (Wildman–Crippen LogP) is 13.0. The van der Waals surface area contributed by atoms with Gasteiger partial charge in [-0.15, -0.1) is 0 Å². The van der Waals surface area contributed by atoms with Crippen LogP contribution in [-0.4, -0.2) is 5.78 Å². The summed E-state index contributed by atoms with van der Waals surface area (Å²) in [6.45, 7) is 0. The molecule has 0 fully saturated rings. The van der Waals surface area contributed by atoms with Crippen molar-refractivity contribution in [2.45, 2.75) is 11.1 Å². The average molecular weight is 766 g/mol. The lowest BCUT2D eigenvalue weighted by atomic mass is 9.76. The summed E-state index contributed by atoms with van der Waals surface area (Å²) >= 11 is 13.6. The molecule has 0 bridgehead atoms. The van der Waals surface area contributed by atoms with Gasteiger partial charge in [-0.25, -0.2) is 0 Å². The smallest absolute Gasteiger partial charge is 0.197 e. The summed E-state index contributed by atoms with van der Waals surface area (Å²) in [5.41, 5.74) is 6.30. The summed E-state index contributed by atoms with van der Waals surface area (Å²) in [5, 5.41) is 8.81. The Kier molecular flexibility index (Phi) is 10.5. The number of hydrogen-bond acceptors (Lipinski definition) is 3. The molecule has 0 aliphatic rings. The molecule has 0 aromatic heterocycles. The highest BCUT2D eigenvalue weighted by Gasteiger charge is 2.39. The first-order valence-corrected chi connectivity index (χ1v) is 19.3. The standard InChI is InChI=1S/C51H38Cl2N2O/c52-43-31-33-45(47(35-43)54-50(37-19-7-1-8-20-37,38-21-9-2-10-22-38)39-23-11-3-12-24-39)49(56)46-34-32-44(53)36-48(46)55-51(40-25-13-4-14-26-40,41-27-15-5-16-28-41)42-29-17-6-18-30-42/h1-36,54-55H. The molecule has 5 heteroatoms. The van der Waals surface area contributed by atoms with Gasteiger partial charge in [-0.05, 0) is 69.8 Å². The third-order valence-electron chi connectivity index (χ3n) is 10.3. The summed E-state index contributed by atoms with van der Waals surface area (Å²) in [6, 6.07) is 72.5. The van der Waals surface area contributed by atoms with E-state index in [9.17, 15) is 0 Å². The number of hydrogen-bond donors (Lipinski definition) is 2. The highest BCUT2D eigenvalue weighted by Crippen LogP contribution is 2.44. The molecule has 0 aliphatic carbocycles. The molecule has 8 rings (SSSR count). The lowest BCUT2D eigenvalue weighted by Crippen LogP contribution is -2.39. The molecule has 0 aliphatic heterocycles. The first kappa shape index (κ1) is 36.6. The van der Waals surface area contributed by atoms with E-state index in [0.717, 1.165) is 33.4 Å². The first-order valence-electron chi connectivity index (χ1n) is 18.5.